The number of nitrogens with zero attached hydrogens (tertiary/aromatic N) is 5. The lowest BCUT2D eigenvalue weighted by Gasteiger charge is -2.23. The maximum atomic E-state index is 14.9. The number of aromatic nitrogens is 5. The van der Waals surface area contributed by atoms with Gasteiger partial charge in [0.1, 0.15) is 35.4 Å². The first kappa shape index (κ1) is 25.6. The van der Waals surface area contributed by atoms with Crippen molar-refractivity contribution in [2.24, 2.45) is 0 Å². The summed E-state index contributed by atoms with van der Waals surface area (Å²) < 4.78 is 46.4. The fourth-order valence-corrected chi connectivity index (χ4v) is 4.96. The van der Waals surface area contributed by atoms with E-state index in [0.29, 0.717) is 53.3 Å². The van der Waals surface area contributed by atoms with Crippen LogP contribution in [0, 0.1) is 5.82 Å². The number of benzene rings is 1. The van der Waals surface area contributed by atoms with Gasteiger partial charge in [-0.1, -0.05) is 17.7 Å². The molecule has 4 aromatic rings. The molecule has 0 spiro atoms. The number of hydrogen-bond acceptors (Lipinski definition) is 8. The molecule has 0 amide bonds. The highest BCUT2D eigenvalue weighted by molar-refractivity contribution is 7.77. The number of hydrogen-bond donors (Lipinski definition) is 2. The Morgan fingerprint density at radius 2 is 2.11 bits per heavy atom. The van der Waals surface area contributed by atoms with E-state index in [-0.39, 0.29) is 23.5 Å². The summed E-state index contributed by atoms with van der Waals surface area (Å²) >= 11 is 4.23. The van der Waals surface area contributed by atoms with Crippen molar-refractivity contribution in [3.63, 3.8) is 0 Å². The third-order valence-electron chi connectivity index (χ3n) is 6.14. The molecule has 3 aromatic heterocycles. The molecule has 0 radical (unpaired) electrons. The van der Waals surface area contributed by atoms with Crippen molar-refractivity contribution in [3.05, 3.63) is 59.5 Å². The molecular formula is C24H24ClFN7O3S-. The number of anilines is 2. The summed E-state index contributed by atoms with van der Waals surface area (Å²) in [5.74, 6) is -0.192. The highest BCUT2D eigenvalue weighted by atomic mass is 35.5. The Bertz CT molecular complexity index is 1430. The summed E-state index contributed by atoms with van der Waals surface area (Å²) in [4.78, 5) is 17.9. The van der Waals surface area contributed by atoms with E-state index in [1.165, 1.54) is 12.4 Å². The maximum Gasteiger partial charge on any atom is 0.165 e. The van der Waals surface area contributed by atoms with Crippen LogP contribution in [-0.4, -0.2) is 46.4 Å². The summed E-state index contributed by atoms with van der Waals surface area (Å²) in [7, 11) is 0. The van der Waals surface area contributed by atoms with Gasteiger partial charge < -0.3 is 14.6 Å². The van der Waals surface area contributed by atoms with Crippen LogP contribution in [0.3, 0.4) is 0 Å². The molecule has 13 heteroatoms. The lowest BCUT2D eigenvalue weighted by Crippen LogP contribution is -2.18. The summed E-state index contributed by atoms with van der Waals surface area (Å²) in [6.07, 6.45) is 8.57. The molecule has 10 nitrogen and oxygen atoms in total. The number of nitrogens with one attached hydrogen (secondary N) is 2. The fraction of sp³-hybridized carbons (Fsp3) is 0.333. The van der Waals surface area contributed by atoms with Gasteiger partial charge in [0.2, 0.25) is 0 Å². The zero-order chi connectivity index (χ0) is 25.8. The van der Waals surface area contributed by atoms with Crippen LogP contribution in [-0.2, 0) is 22.4 Å². The zero-order valence-electron chi connectivity index (χ0n) is 19.7. The number of halogens is 2. The van der Waals surface area contributed by atoms with Gasteiger partial charge in [0, 0.05) is 36.2 Å². The monoisotopic (exact) mass is 544 g/mol. The number of pyridine rings is 1. The van der Waals surface area contributed by atoms with Crippen LogP contribution >= 0.6 is 11.6 Å². The van der Waals surface area contributed by atoms with Gasteiger partial charge in [0.05, 0.1) is 17.0 Å². The SMILES string of the molecule is O=S([O-])NCCCc1ccc(F)c(Nc2ncccc2-c2ncnc3c2ncn3C2CCCCO2)c1Cl. The quantitative estimate of drug-likeness (QED) is 0.234. The highest BCUT2D eigenvalue weighted by Crippen LogP contribution is 2.36. The number of aryl methyl sites for hydroxylation is 1. The first-order valence-corrected chi connectivity index (χ1v) is 13.3. The molecular weight excluding hydrogens is 521 g/mol. The van der Waals surface area contributed by atoms with Crippen molar-refractivity contribution in [2.75, 3.05) is 18.5 Å². The number of fused-ring (bicyclic) bond motifs is 1. The zero-order valence-corrected chi connectivity index (χ0v) is 21.3. The van der Waals surface area contributed by atoms with Crippen molar-refractivity contribution >= 4 is 45.5 Å². The minimum atomic E-state index is -2.33. The van der Waals surface area contributed by atoms with Crippen LogP contribution in [0.25, 0.3) is 22.4 Å². The Labute approximate surface area is 220 Å². The minimum Gasteiger partial charge on any atom is -0.760 e. The van der Waals surface area contributed by atoms with Crippen LogP contribution in [0.5, 0.6) is 0 Å². The van der Waals surface area contributed by atoms with E-state index in [1.54, 1.807) is 24.7 Å². The minimum absolute atomic E-state index is 0.0749. The summed E-state index contributed by atoms with van der Waals surface area (Å²) in [6.45, 7) is 0.943. The lowest BCUT2D eigenvalue weighted by atomic mass is 10.1. The smallest absolute Gasteiger partial charge is 0.165 e. The van der Waals surface area contributed by atoms with E-state index < -0.39 is 17.1 Å². The van der Waals surface area contributed by atoms with Gasteiger partial charge in [-0.2, -0.15) is 0 Å². The summed E-state index contributed by atoms with van der Waals surface area (Å²) in [5, 5.41) is 3.24. The Kier molecular flexibility index (Phi) is 8.01. The van der Waals surface area contributed by atoms with Gasteiger partial charge in [-0.3, -0.25) is 8.78 Å². The largest absolute Gasteiger partial charge is 0.760 e. The summed E-state index contributed by atoms with van der Waals surface area (Å²) in [5.41, 5.74) is 3.12. The van der Waals surface area contributed by atoms with Gasteiger partial charge in [0.15, 0.2) is 5.65 Å². The number of ether oxygens (including phenoxy) is 1. The molecule has 2 N–H and O–H groups in total. The lowest BCUT2D eigenvalue weighted by molar-refractivity contribution is -0.0298. The Hall–Kier alpha value is -3.03. The van der Waals surface area contributed by atoms with Gasteiger partial charge in [-0.25, -0.2) is 29.0 Å². The van der Waals surface area contributed by atoms with Crippen molar-refractivity contribution in [3.8, 4) is 11.3 Å². The molecule has 1 saturated heterocycles. The second-order valence-corrected chi connectivity index (χ2v) is 9.66. The van der Waals surface area contributed by atoms with Gasteiger partial charge in [-0.05, 0) is 55.9 Å². The number of imidazole rings is 1. The average Bonchev–Trinajstić information content (AvgIpc) is 3.35. The van der Waals surface area contributed by atoms with E-state index in [9.17, 15) is 13.2 Å². The average molecular weight is 545 g/mol. The standard InChI is InChI=1S/C24H25ClFN7O3S/c25-19-15(5-3-11-31-37(34)35)8-9-17(26)21(19)32-23-16(6-4-10-27-23)20-22-24(29-13-28-20)33(14-30-22)18-7-1-2-12-36-18/h4,6,8-10,13-14,18,31H,1-3,5,7,11-12H2,(H,27,32)(H,34,35)/p-1. The first-order chi connectivity index (χ1) is 18.0. The molecule has 0 saturated carbocycles. The molecule has 0 aliphatic carbocycles. The second-order valence-electron chi connectivity index (χ2n) is 8.52. The topological polar surface area (TPSA) is 130 Å². The Morgan fingerprint density at radius 3 is 2.92 bits per heavy atom. The van der Waals surface area contributed by atoms with Crippen molar-refractivity contribution in [2.45, 2.75) is 38.3 Å². The van der Waals surface area contributed by atoms with Crippen molar-refractivity contribution in [1.29, 1.82) is 0 Å². The molecule has 0 bridgehead atoms. The molecule has 2 unspecified atom stereocenters. The normalized spacial score (nSPS) is 16.7. The fourth-order valence-electron chi connectivity index (χ4n) is 4.35. The molecule has 1 fully saturated rings. The third-order valence-corrected chi connectivity index (χ3v) is 7.02. The van der Waals surface area contributed by atoms with Gasteiger partial charge in [-0.15, -0.1) is 0 Å². The van der Waals surface area contributed by atoms with Crippen LogP contribution in [0.4, 0.5) is 15.9 Å². The van der Waals surface area contributed by atoms with E-state index in [0.717, 1.165) is 19.3 Å². The van der Waals surface area contributed by atoms with Crippen molar-refractivity contribution < 1.29 is 17.9 Å². The molecule has 1 aliphatic rings. The third kappa shape index (κ3) is 5.63. The van der Waals surface area contributed by atoms with E-state index in [2.05, 4.69) is 30.0 Å². The maximum absolute atomic E-state index is 14.9. The molecule has 4 heterocycles. The molecule has 37 heavy (non-hydrogen) atoms. The van der Waals surface area contributed by atoms with Gasteiger partial charge in [0.25, 0.3) is 0 Å². The Balaban J connectivity index is 1.46. The molecule has 2 atom stereocenters. The molecule has 194 valence electrons. The predicted molar refractivity (Wildman–Crippen MR) is 137 cm³/mol. The van der Waals surface area contributed by atoms with Crippen LogP contribution < -0.4 is 10.0 Å². The van der Waals surface area contributed by atoms with Crippen LogP contribution in [0.15, 0.2) is 43.1 Å². The van der Waals surface area contributed by atoms with Crippen LogP contribution in [0.2, 0.25) is 5.02 Å². The van der Waals surface area contributed by atoms with Gasteiger partial charge >= 0.3 is 0 Å². The van der Waals surface area contributed by atoms with E-state index in [1.807, 2.05) is 10.6 Å². The molecule has 1 aromatic carbocycles. The first-order valence-electron chi connectivity index (χ1n) is 11.8. The Morgan fingerprint density at radius 1 is 1.22 bits per heavy atom. The van der Waals surface area contributed by atoms with E-state index >= 15 is 0 Å². The highest BCUT2D eigenvalue weighted by Gasteiger charge is 2.22. The van der Waals surface area contributed by atoms with Crippen molar-refractivity contribution in [1.82, 2.24) is 29.2 Å². The second kappa shape index (κ2) is 11.6. The number of rotatable bonds is 9. The molecule has 5 rings (SSSR count). The predicted octanol–water partition coefficient (Wildman–Crippen LogP) is 4.44. The summed E-state index contributed by atoms with van der Waals surface area (Å²) in [6, 6.07) is 6.49. The van der Waals surface area contributed by atoms with Crippen LogP contribution in [0.1, 0.15) is 37.5 Å². The van der Waals surface area contributed by atoms with E-state index in [4.69, 9.17) is 16.3 Å². The molecule has 1 aliphatic heterocycles.